The van der Waals surface area contributed by atoms with E-state index in [0.29, 0.717) is 22.0 Å². The predicted octanol–water partition coefficient (Wildman–Crippen LogP) is 4.27. The molecule has 36 heavy (non-hydrogen) atoms. The van der Waals surface area contributed by atoms with Crippen LogP contribution in [0.25, 0.3) is 11.0 Å². The summed E-state index contributed by atoms with van der Waals surface area (Å²) >= 11 is 12.7. The van der Waals surface area contributed by atoms with E-state index in [-0.39, 0.29) is 22.2 Å². The number of aromatic nitrogens is 5. The van der Waals surface area contributed by atoms with Crippen molar-refractivity contribution < 1.29 is 0 Å². The number of rotatable bonds is 3. The maximum Gasteiger partial charge on any atom is 0.263 e. The number of H-pyrrole nitrogens is 2. The zero-order valence-electron chi connectivity index (χ0n) is 19.5. The Morgan fingerprint density at radius 2 is 1.86 bits per heavy atom. The van der Waals surface area contributed by atoms with E-state index in [1.807, 2.05) is 6.07 Å². The Morgan fingerprint density at radius 1 is 1.08 bits per heavy atom. The maximum atomic E-state index is 13.4. The third kappa shape index (κ3) is 3.11. The van der Waals surface area contributed by atoms with Gasteiger partial charge in [-0.25, -0.2) is 4.98 Å². The first-order valence-corrected chi connectivity index (χ1v) is 13.1. The number of anilines is 1. The molecule has 0 bridgehead atoms. The molecule has 1 aliphatic heterocycles. The molecular weight excluding hydrogens is 497 g/mol. The molecule has 4 heterocycles. The van der Waals surface area contributed by atoms with Gasteiger partial charge in [0.2, 0.25) is 5.95 Å². The van der Waals surface area contributed by atoms with Crippen LogP contribution >= 0.6 is 23.2 Å². The number of fused-ring (bicyclic) bond motifs is 2. The lowest BCUT2D eigenvalue weighted by atomic mass is 9.73. The van der Waals surface area contributed by atoms with Gasteiger partial charge in [-0.2, -0.15) is 10.1 Å². The number of nitrogens with one attached hydrogen (secondary N) is 2. The van der Waals surface area contributed by atoms with Crippen LogP contribution < -0.4 is 16.2 Å². The zero-order chi connectivity index (χ0) is 24.7. The summed E-state index contributed by atoms with van der Waals surface area (Å²) < 4.78 is 0. The van der Waals surface area contributed by atoms with E-state index in [4.69, 9.17) is 33.9 Å². The van der Waals surface area contributed by atoms with Crippen molar-refractivity contribution in [2.24, 2.45) is 11.1 Å². The third-order valence-electron chi connectivity index (χ3n) is 8.65. The molecule has 1 spiro atoms. The number of nitrogens with two attached hydrogens (primary N) is 1. The van der Waals surface area contributed by atoms with Crippen LogP contribution in [-0.2, 0) is 11.8 Å². The second kappa shape index (κ2) is 7.78. The Labute approximate surface area is 217 Å². The Morgan fingerprint density at radius 3 is 2.61 bits per heavy atom. The lowest BCUT2D eigenvalue weighted by Gasteiger charge is -2.42. The summed E-state index contributed by atoms with van der Waals surface area (Å²) in [6.45, 7) is 1.56. The standard InChI is InChI=1S/C26H25Cl2N7O/c27-18-16(5-10-30-21(18)28)26(6-7-26)20-17-22(34-33-20)31-24(32-23(17)36)35-11-8-25(9-12-35)13-14-3-1-2-4-15(14)19(25)29/h1-5,10,19H,6-9,11-13,29H2,(H2,31,32,33,34,36)/t19-/m1/s1. The van der Waals surface area contributed by atoms with Gasteiger partial charge < -0.3 is 10.6 Å². The summed E-state index contributed by atoms with van der Waals surface area (Å²) in [6, 6.07) is 10.4. The lowest BCUT2D eigenvalue weighted by molar-refractivity contribution is 0.187. The molecule has 8 nitrogen and oxygen atoms in total. The van der Waals surface area contributed by atoms with Gasteiger partial charge in [0.05, 0.1) is 10.7 Å². The van der Waals surface area contributed by atoms with Crippen LogP contribution in [0, 0.1) is 5.41 Å². The van der Waals surface area contributed by atoms with Gasteiger partial charge in [-0.05, 0) is 60.3 Å². The topological polar surface area (TPSA) is 117 Å². The molecule has 10 heteroatoms. The van der Waals surface area contributed by atoms with Crippen LogP contribution in [0.5, 0.6) is 0 Å². The molecule has 0 unspecified atom stereocenters. The summed E-state index contributed by atoms with van der Waals surface area (Å²) in [5.74, 6) is 0.555. The summed E-state index contributed by atoms with van der Waals surface area (Å²) in [4.78, 5) is 27.3. The van der Waals surface area contributed by atoms with E-state index >= 15 is 0 Å². The molecule has 1 atom stereocenters. The van der Waals surface area contributed by atoms with Crippen molar-refractivity contribution in [3.8, 4) is 0 Å². The van der Waals surface area contributed by atoms with E-state index in [2.05, 4.69) is 49.3 Å². The molecule has 1 saturated heterocycles. The normalized spacial score (nSPS) is 21.8. The van der Waals surface area contributed by atoms with Crippen molar-refractivity contribution in [3.63, 3.8) is 0 Å². The summed E-state index contributed by atoms with van der Waals surface area (Å²) in [5, 5.41) is 8.68. The average molecular weight is 522 g/mol. The third-order valence-corrected chi connectivity index (χ3v) is 9.42. The Hall–Kier alpha value is -2.94. The van der Waals surface area contributed by atoms with Crippen LogP contribution in [-0.4, -0.2) is 38.2 Å². The number of pyridine rings is 1. The van der Waals surface area contributed by atoms with Gasteiger partial charge in [0.1, 0.15) is 10.5 Å². The van der Waals surface area contributed by atoms with Crippen LogP contribution in [0.15, 0.2) is 41.3 Å². The second-order valence-electron chi connectivity index (χ2n) is 10.4. The number of aromatic amines is 2. The fraction of sp³-hybridized carbons (Fsp3) is 0.385. The maximum absolute atomic E-state index is 13.4. The number of hydrogen-bond acceptors (Lipinski definition) is 6. The molecule has 184 valence electrons. The summed E-state index contributed by atoms with van der Waals surface area (Å²) in [7, 11) is 0. The van der Waals surface area contributed by atoms with Crippen molar-refractivity contribution >= 4 is 40.2 Å². The average Bonchev–Trinajstić information content (AvgIpc) is 3.48. The quantitative estimate of drug-likeness (QED) is 0.346. The fourth-order valence-electron chi connectivity index (χ4n) is 6.45. The minimum absolute atomic E-state index is 0.0440. The molecule has 2 fully saturated rings. The molecule has 4 N–H and O–H groups in total. The van der Waals surface area contributed by atoms with E-state index in [0.717, 1.165) is 56.5 Å². The fourth-order valence-corrected chi connectivity index (χ4v) is 6.90. The van der Waals surface area contributed by atoms with Gasteiger partial charge in [-0.15, -0.1) is 0 Å². The first kappa shape index (κ1) is 22.3. The van der Waals surface area contributed by atoms with E-state index < -0.39 is 5.41 Å². The highest BCUT2D eigenvalue weighted by molar-refractivity contribution is 6.41. The minimum Gasteiger partial charge on any atom is -0.342 e. The first-order valence-electron chi connectivity index (χ1n) is 12.3. The van der Waals surface area contributed by atoms with Crippen LogP contribution in [0.4, 0.5) is 5.95 Å². The lowest BCUT2D eigenvalue weighted by Crippen LogP contribution is -2.45. The number of halogens is 2. The molecule has 3 aromatic heterocycles. The molecular formula is C26H25Cl2N7O. The molecule has 2 aliphatic carbocycles. The SMILES string of the molecule is N[C@@H]1c2ccccc2CC12CCN(c1nc3n[nH]c(C4(c5ccnc(Cl)c5Cl)CC4)c3c(=O)[nH]1)CC2. The summed E-state index contributed by atoms with van der Waals surface area (Å²) in [5.41, 5.74) is 10.8. The minimum atomic E-state index is -0.431. The number of nitrogens with zero attached hydrogens (tertiary/aromatic N) is 4. The Balaban J connectivity index is 1.18. The largest absolute Gasteiger partial charge is 0.342 e. The number of benzene rings is 1. The molecule has 4 aromatic rings. The smallest absolute Gasteiger partial charge is 0.263 e. The summed E-state index contributed by atoms with van der Waals surface area (Å²) in [6.07, 6.45) is 6.21. The van der Waals surface area contributed by atoms with Crippen LogP contribution in [0.2, 0.25) is 10.2 Å². The van der Waals surface area contributed by atoms with Crippen molar-refractivity contribution in [2.45, 2.75) is 43.6 Å². The number of piperidine rings is 1. The van der Waals surface area contributed by atoms with Crippen LogP contribution in [0.3, 0.4) is 0 Å². The van der Waals surface area contributed by atoms with Gasteiger partial charge in [-0.3, -0.25) is 14.9 Å². The number of hydrogen-bond donors (Lipinski definition) is 3. The van der Waals surface area contributed by atoms with Crippen molar-refractivity contribution in [3.05, 3.63) is 79.4 Å². The van der Waals surface area contributed by atoms with Crippen molar-refractivity contribution in [2.75, 3.05) is 18.0 Å². The van der Waals surface area contributed by atoms with Crippen molar-refractivity contribution in [1.82, 2.24) is 25.1 Å². The zero-order valence-corrected chi connectivity index (χ0v) is 21.0. The van der Waals surface area contributed by atoms with Gasteiger partial charge in [0.25, 0.3) is 5.56 Å². The van der Waals surface area contributed by atoms with Crippen molar-refractivity contribution in [1.29, 1.82) is 0 Å². The van der Waals surface area contributed by atoms with Gasteiger partial charge in [0, 0.05) is 30.7 Å². The molecule has 7 rings (SSSR count). The first-order chi connectivity index (χ1) is 17.4. The Kier molecular flexibility index (Phi) is 4.81. The highest BCUT2D eigenvalue weighted by atomic mass is 35.5. The van der Waals surface area contributed by atoms with Gasteiger partial charge in [-0.1, -0.05) is 47.5 Å². The highest BCUT2D eigenvalue weighted by Crippen LogP contribution is 2.56. The van der Waals surface area contributed by atoms with E-state index in [9.17, 15) is 4.79 Å². The molecule has 3 aliphatic rings. The van der Waals surface area contributed by atoms with Crippen LogP contribution in [0.1, 0.15) is 54.1 Å². The van der Waals surface area contributed by atoms with Gasteiger partial charge >= 0.3 is 0 Å². The highest BCUT2D eigenvalue weighted by Gasteiger charge is 2.51. The molecule has 1 saturated carbocycles. The Bertz CT molecular complexity index is 1570. The molecule has 1 aromatic carbocycles. The van der Waals surface area contributed by atoms with Gasteiger partial charge in [0.15, 0.2) is 5.65 Å². The molecule has 0 amide bonds. The van der Waals surface area contributed by atoms with E-state index in [1.165, 1.54) is 11.1 Å². The van der Waals surface area contributed by atoms with E-state index in [1.54, 1.807) is 6.20 Å². The second-order valence-corrected chi connectivity index (χ2v) is 11.2. The predicted molar refractivity (Wildman–Crippen MR) is 140 cm³/mol. The monoisotopic (exact) mass is 521 g/mol. The molecule has 0 radical (unpaired) electrons.